The number of halogens is 4. The van der Waals surface area contributed by atoms with Gasteiger partial charge in [-0.3, -0.25) is 4.72 Å². The molecule has 1 aromatic carbocycles. The molecule has 0 aliphatic rings. The van der Waals surface area contributed by atoms with Crippen LogP contribution in [0.4, 0.5) is 28.9 Å². The Balaban J connectivity index is 2.77. The van der Waals surface area contributed by atoms with Crippen molar-refractivity contribution in [3.63, 3.8) is 0 Å². The second-order valence-corrected chi connectivity index (χ2v) is 4.78. The molecule has 0 bridgehead atoms. The van der Waals surface area contributed by atoms with E-state index in [1.54, 1.807) is 4.72 Å². The maximum Gasteiger partial charge on any atom is 0.402 e. The quantitative estimate of drug-likeness (QED) is 0.575. The van der Waals surface area contributed by atoms with E-state index < -0.39 is 34.4 Å². The Morgan fingerprint density at radius 3 is 2.39 bits per heavy atom. The number of nitrogen functional groups attached to an aromatic ring is 1. The van der Waals surface area contributed by atoms with Crippen LogP contribution in [0.3, 0.4) is 0 Å². The van der Waals surface area contributed by atoms with Gasteiger partial charge >= 0.3 is 6.18 Å². The third-order valence-corrected chi connectivity index (χ3v) is 2.71. The molecule has 5 nitrogen and oxygen atoms in total. The zero-order valence-corrected chi connectivity index (χ0v) is 9.57. The maximum absolute atomic E-state index is 13.2. The fraction of sp³-hybridized carbons (Fsp3) is 0.250. The van der Waals surface area contributed by atoms with Gasteiger partial charge < -0.3 is 5.73 Å². The number of nitrogens with two attached hydrogens (primary N) is 1. The molecule has 4 N–H and O–H groups in total. The van der Waals surface area contributed by atoms with Crippen LogP contribution in [0.15, 0.2) is 18.2 Å². The van der Waals surface area contributed by atoms with Gasteiger partial charge in [-0.2, -0.15) is 26.3 Å². The summed E-state index contributed by atoms with van der Waals surface area (Å²) in [7, 11) is -4.50. The second kappa shape index (κ2) is 4.98. The van der Waals surface area contributed by atoms with Gasteiger partial charge in [0.25, 0.3) is 10.2 Å². The molecule has 0 saturated carbocycles. The Morgan fingerprint density at radius 2 is 1.89 bits per heavy atom. The standard InChI is InChI=1S/C8H9F4N3O2S/c9-6-3-5(13)1-2-7(6)15-18(16,17)14-4-8(10,11)12/h1-3,14-15H,4,13H2. The molecule has 0 aliphatic heterocycles. The minimum Gasteiger partial charge on any atom is -0.399 e. The van der Waals surface area contributed by atoms with E-state index in [4.69, 9.17) is 5.73 Å². The van der Waals surface area contributed by atoms with E-state index in [0.29, 0.717) is 0 Å². The molecule has 0 atom stereocenters. The summed E-state index contributed by atoms with van der Waals surface area (Å²) in [6.45, 7) is -1.75. The average Bonchev–Trinajstić information content (AvgIpc) is 2.19. The van der Waals surface area contributed by atoms with Crippen LogP contribution >= 0.6 is 0 Å². The SMILES string of the molecule is Nc1ccc(NS(=O)(=O)NCC(F)(F)F)c(F)c1. The summed E-state index contributed by atoms with van der Waals surface area (Å²) in [5.41, 5.74) is 4.78. The molecular formula is C8H9F4N3O2S. The van der Waals surface area contributed by atoms with Gasteiger partial charge in [0, 0.05) is 5.69 Å². The highest BCUT2D eigenvalue weighted by atomic mass is 32.2. The van der Waals surface area contributed by atoms with Crippen LogP contribution in [0.1, 0.15) is 0 Å². The fourth-order valence-corrected chi connectivity index (χ4v) is 1.85. The third kappa shape index (κ3) is 4.75. The third-order valence-electron chi connectivity index (χ3n) is 1.70. The van der Waals surface area contributed by atoms with Crippen LogP contribution in [0.25, 0.3) is 0 Å². The van der Waals surface area contributed by atoms with Gasteiger partial charge in [-0.25, -0.2) is 4.39 Å². The first kappa shape index (κ1) is 14.5. The zero-order chi connectivity index (χ0) is 14.0. The van der Waals surface area contributed by atoms with Crippen molar-refractivity contribution < 1.29 is 26.0 Å². The molecule has 0 heterocycles. The normalized spacial score (nSPS) is 12.4. The van der Waals surface area contributed by atoms with E-state index in [1.165, 1.54) is 10.8 Å². The van der Waals surface area contributed by atoms with Gasteiger partial charge in [0.1, 0.15) is 12.4 Å². The van der Waals surface area contributed by atoms with Crippen molar-refractivity contribution in [1.82, 2.24) is 4.72 Å². The van der Waals surface area contributed by atoms with Crippen molar-refractivity contribution in [2.75, 3.05) is 17.0 Å². The fourth-order valence-electron chi connectivity index (χ4n) is 0.972. The Kier molecular flexibility index (Phi) is 4.02. The molecule has 1 rings (SSSR count). The van der Waals surface area contributed by atoms with E-state index in [1.807, 2.05) is 0 Å². The summed E-state index contributed by atoms with van der Waals surface area (Å²) in [6, 6.07) is 3.03. The first-order chi connectivity index (χ1) is 8.09. The number of benzene rings is 1. The van der Waals surface area contributed by atoms with E-state index in [0.717, 1.165) is 12.1 Å². The highest BCUT2D eigenvalue weighted by Gasteiger charge is 2.29. The molecule has 0 aliphatic carbocycles. The maximum atomic E-state index is 13.2. The molecule has 0 radical (unpaired) electrons. The summed E-state index contributed by atoms with van der Waals surface area (Å²) < 4.78 is 73.8. The van der Waals surface area contributed by atoms with Crippen LogP contribution in [0.2, 0.25) is 0 Å². The Labute approximate surface area is 100 Å². The number of nitrogens with one attached hydrogen (secondary N) is 2. The van der Waals surface area contributed by atoms with E-state index >= 15 is 0 Å². The van der Waals surface area contributed by atoms with Gasteiger partial charge in [0.15, 0.2) is 0 Å². The molecule has 1 aromatic rings. The van der Waals surface area contributed by atoms with E-state index in [-0.39, 0.29) is 5.69 Å². The van der Waals surface area contributed by atoms with Gasteiger partial charge in [0.2, 0.25) is 0 Å². The summed E-state index contributed by atoms with van der Waals surface area (Å²) in [5.74, 6) is -0.993. The lowest BCUT2D eigenvalue weighted by molar-refractivity contribution is -0.121. The minimum absolute atomic E-state index is 0.0544. The molecule has 18 heavy (non-hydrogen) atoms. The minimum atomic E-state index is -4.70. The summed E-state index contributed by atoms with van der Waals surface area (Å²) in [4.78, 5) is 0. The van der Waals surface area contributed by atoms with Crippen LogP contribution < -0.4 is 15.2 Å². The average molecular weight is 287 g/mol. The summed E-state index contributed by atoms with van der Waals surface area (Å²) in [5, 5.41) is 0. The van der Waals surface area contributed by atoms with Crippen LogP contribution in [-0.2, 0) is 10.2 Å². The zero-order valence-electron chi connectivity index (χ0n) is 8.75. The van der Waals surface area contributed by atoms with Crippen LogP contribution in [-0.4, -0.2) is 21.1 Å². The van der Waals surface area contributed by atoms with Gasteiger partial charge in [-0.1, -0.05) is 0 Å². The Bertz CT molecular complexity index is 530. The molecule has 0 saturated heterocycles. The molecule has 0 amide bonds. The molecular weight excluding hydrogens is 278 g/mol. The highest BCUT2D eigenvalue weighted by molar-refractivity contribution is 7.90. The number of hydrogen-bond donors (Lipinski definition) is 3. The smallest absolute Gasteiger partial charge is 0.399 e. The molecule has 0 fully saturated rings. The van der Waals surface area contributed by atoms with Crippen molar-refractivity contribution >= 4 is 21.6 Å². The van der Waals surface area contributed by atoms with Gasteiger partial charge in [0.05, 0.1) is 5.69 Å². The topological polar surface area (TPSA) is 84.2 Å². The first-order valence-corrected chi connectivity index (χ1v) is 5.96. The number of rotatable bonds is 4. The predicted octanol–water partition coefficient (Wildman–Crippen LogP) is 1.22. The lowest BCUT2D eigenvalue weighted by Crippen LogP contribution is -2.37. The van der Waals surface area contributed by atoms with Crippen LogP contribution in [0, 0.1) is 5.82 Å². The second-order valence-electron chi connectivity index (χ2n) is 3.28. The van der Waals surface area contributed by atoms with Gasteiger partial charge in [-0.05, 0) is 18.2 Å². The molecule has 0 spiro atoms. The molecule has 0 aromatic heterocycles. The highest BCUT2D eigenvalue weighted by Crippen LogP contribution is 2.18. The number of anilines is 2. The van der Waals surface area contributed by atoms with E-state index in [2.05, 4.69) is 0 Å². The predicted molar refractivity (Wildman–Crippen MR) is 57.4 cm³/mol. The van der Waals surface area contributed by atoms with Crippen molar-refractivity contribution in [2.24, 2.45) is 0 Å². The van der Waals surface area contributed by atoms with Gasteiger partial charge in [-0.15, -0.1) is 0 Å². The van der Waals surface area contributed by atoms with Crippen LogP contribution in [0.5, 0.6) is 0 Å². The summed E-state index contributed by atoms with van der Waals surface area (Å²) >= 11 is 0. The largest absolute Gasteiger partial charge is 0.402 e. The first-order valence-electron chi connectivity index (χ1n) is 4.48. The van der Waals surface area contributed by atoms with Crippen molar-refractivity contribution in [3.8, 4) is 0 Å². The lowest BCUT2D eigenvalue weighted by Gasteiger charge is -2.11. The monoisotopic (exact) mass is 287 g/mol. The lowest BCUT2D eigenvalue weighted by atomic mass is 10.3. The molecule has 10 heteroatoms. The number of hydrogen-bond acceptors (Lipinski definition) is 3. The van der Waals surface area contributed by atoms with E-state index in [9.17, 15) is 26.0 Å². The van der Waals surface area contributed by atoms with Crippen molar-refractivity contribution in [2.45, 2.75) is 6.18 Å². The van der Waals surface area contributed by atoms with Crippen molar-refractivity contribution in [3.05, 3.63) is 24.0 Å². The Hall–Kier alpha value is -1.55. The Morgan fingerprint density at radius 1 is 1.28 bits per heavy atom. The van der Waals surface area contributed by atoms with Crippen molar-refractivity contribution in [1.29, 1.82) is 0 Å². The number of alkyl halides is 3. The summed E-state index contributed by atoms with van der Waals surface area (Å²) in [6.07, 6.45) is -4.70. The molecule has 0 unspecified atom stereocenters. The molecule has 102 valence electrons.